The number of ether oxygens (including phenoxy) is 2. The van der Waals surface area contributed by atoms with Gasteiger partial charge in [-0.15, -0.1) is 0 Å². The first-order chi connectivity index (χ1) is 8.38. The zero-order valence-corrected chi connectivity index (χ0v) is 12.2. The van der Waals surface area contributed by atoms with Crippen molar-refractivity contribution in [1.82, 2.24) is 0 Å². The first-order valence-corrected chi connectivity index (χ1v) is 8.16. The quantitative estimate of drug-likeness (QED) is 0.779. The Morgan fingerprint density at radius 1 is 1.50 bits per heavy atom. The topological polar surface area (TPSA) is 52.6 Å². The third-order valence-corrected chi connectivity index (χ3v) is 4.39. The van der Waals surface area contributed by atoms with Crippen LogP contribution in [0.1, 0.15) is 6.42 Å². The fourth-order valence-corrected chi connectivity index (χ4v) is 3.07. The number of hydrogen-bond donors (Lipinski definition) is 0. The second-order valence-corrected chi connectivity index (χ2v) is 7.14. The van der Waals surface area contributed by atoms with Crippen molar-refractivity contribution in [2.45, 2.75) is 17.4 Å². The largest absolute Gasteiger partial charge is 0.487 e. The predicted octanol–water partition coefficient (Wildman–Crippen LogP) is 2.68. The van der Waals surface area contributed by atoms with Gasteiger partial charge in [-0.2, -0.15) is 0 Å². The van der Waals surface area contributed by atoms with Crippen molar-refractivity contribution in [2.75, 3.05) is 13.2 Å². The fraction of sp³-hybridized carbons (Fsp3) is 0.400. The molecule has 2 rings (SSSR count). The highest BCUT2D eigenvalue weighted by molar-refractivity contribution is 9.10. The Kier molecular flexibility index (Phi) is 4.15. The Hall–Kier alpha value is -0.370. The zero-order chi connectivity index (χ0) is 13.3. The van der Waals surface area contributed by atoms with Gasteiger partial charge in [0, 0.05) is 23.2 Å². The van der Waals surface area contributed by atoms with Crippen LogP contribution in [0.3, 0.4) is 0 Å². The summed E-state index contributed by atoms with van der Waals surface area (Å²) in [4.78, 5) is -0.578. The Morgan fingerprint density at radius 3 is 2.78 bits per heavy atom. The van der Waals surface area contributed by atoms with E-state index in [4.69, 9.17) is 20.2 Å². The van der Waals surface area contributed by atoms with Gasteiger partial charge < -0.3 is 9.47 Å². The van der Waals surface area contributed by atoms with Crippen molar-refractivity contribution in [3.05, 3.63) is 22.4 Å². The van der Waals surface area contributed by atoms with Gasteiger partial charge in [-0.3, -0.25) is 0 Å². The number of benzene rings is 1. The van der Waals surface area contributed by atoms with Gasteiger partial charge in [0.05, 0.1) is 17.7 Å². The second-order valence-electron chi connectivity index (χ2n) is 3.75. The molecule has 0 aromatic heterocycles. The highest BCUT2D eigenvalue weighted by Gasteiger charge is 2.22. The van der Waals surface area contributed by atoms with Crippen molar-refractivity contribution in [2.24, 2.45) is 0 Å². The second kappa shape index (κ2) is 5.32. The Labute approximate surface area is 117 Å². The molecular formula is C10H9BrClFO4S. The molecule has 1 aliphatic rings. The monoisotopic (exact) mass is 358 g/mol. The maximum Gasteiger partial charge on any atom is 0.264 e. The van der Waals surface area contributed by atoms with E-state index in [1.807, 2.05) is 0 Å². The Morgan fingerprint density at radius 2 is 2.22 bits per heavy atom. The lowest BCUT2D eigenvalue weighted by molar-refractivity contribution is 0.140. The molecule has 0 saturated carbocycles. The van der Waals surface area contributed by atoms with Crippen LogP contribution in [0.5, 0.6) is 5.75 Å². The van der Waals surface area contributed by atoms with E-state index in [1.165, 1.54) is 0 Å². The molecule has 1 atom stereocenters. The molecule has 1 fully saturated rings. The fourth-order valence-electron chi connectivity index (χ4n) is 1.57. The summed E-state index contributed by atoms with van der Waals surface area (Å²) in [5, 5.41) is 0. The summed E-state index contributed by atoms with van der Waals surface area (Å²) >= 11 is 3.13. The molecule has 0 spiro atoms. The summed E-state index contributed by atoms with van der Waals surface area (Å²) in [7, 11) is 0.996. The maximum atomic E-state index is 13.6. The molecule has 1 aromatic carbocycles. The van der Waals surface area contributed by atoms with E-state index in [9.17, 15) is 12.8 Å². The Bertz CT molecular complexity index is 557. The lowest BCUT2D eigenvalue weighted by Gasteiger charge is -2.14. The summed E-state index contributed by atoms with van der Waals surface area (Å²) in [5.41, 5.74) is 0. The summed E-state index contributed by atoms with van der Waals surface area (Å²) in [6.45, 7) is 1.03. The van der Waals surface area contributed by atoms with Gasteiger partial charge in [0.25, 0.3) is 9.05 Å². The average Bonchev–Trinajstić information content (AvgIpc) is 2.74. The lowest BCUT2D eigenvalue weighted by atomic mass is 10.3. The summed E-state index contributed by atoms with van der Waals surface area (Å²) < 4.78 is 46.8. The van der Waals surface area contributed by atoms with Gasteiger partial charge in [-0.1, -0.05) is 0 Å². The summed E-state index contributed by atoms with van der Waals surface area (Å²) in [5.74, 6) is -0.714. The van der Waals surface area contributed by atoms with Gasteiger partial charge >= 0.3 is 0 Å². The van der Waals surface area contributed by atoms with Gasteiger partial charge in [0.1, 0.15) is 22.6 Å². The van der Waals surface area contributed by atoms with E-state index in [0.29, 0.717) is 24.1 Å². The van der Waals surface area contributed by atoms with Crippen LogP contribution < -0.4 is 4.74 Å². The highest BCUT2D eigenvalue weighted by Crippen LogP contribution is 2.33. The van der Waals surface area contributed by atoms with Gasteiger partial charge in [0.2, 0.25) is 0 Å². The normalized spacial score (nSPS) is 20.1. The van der Waals surface area contributed by atoms with Crippen LogP contribution in [0, 0.1) is 5.82 Å². The van der Waals surface area contributed by atoms with Gasteiger partial charge in [-0.25, -0.2) is 12.8 Å². The van der Waals surface area contributed by atoms with Crippen molar-refractivity contribution in [3.8, 4) is 5.75 Å². The van der Waals surface area contributed by atoms with E-state index in [0.717, 1.165) is 12.1 Å². The molecule has 0 bridgehead atoms. The third kappa shape index (κ3) is 3.14. The molecule has 1 unspecified atom stereocenters. The molecule has 8 heteroatoms. The van der Waals surface area contributed by atoms with Crippen molar-refractivity contribution >= 4 is 35.7 Å². The number of halogens is 3. The molecule has 18 heavy (non-hydrogen) atoms. The average molecular weight is 360 g/mol. The third-order valence-electron chi connectivity index (χ3n) is 2.43. The smallest absolute Gasteiger partial charge is 0.264 e. The molecule has 0 amide bonds. The van der Waals surface area contributed by atoms with Crippen molar-refractivity contribution in [3.63, 3.8) is 0 Å². The van der Waals surface area contributed by atoms with E-state index < -0.39 is 19.8 Å². The molecule has 4 nitrogen and oxygen atoms in total. The van der Waals surface area contributed by atoms with Gasteiger partial charge in [0.15, 0.2) is 0 Å². The van der Waals surface area contributed by atoms with Crippen LogP contribution in [-0.4, -0.2) is 27.7 Å². The van der Waals surface area contributed by atoms with Crippen LogP contribution in [0.25, 0.3) is 0 Å². The maximum absolute atomic E-state index is 13.6. The predicted molar refractivity (Wildman–Crippen MR) is 67.0 cm³/mol. The van der Waals surface area contributed by atoms with E-state index in [1.54, 1.807) is 0 Å². The first kappa shape index (κ1) is 14.0. The van der Waals surface area contributed by atoms with E-state index >= 15 is 0 Å². The minimum Gasteiger partial charge on any atom is -0.487 e. The number of rotatable bonds is 3. The molecule has 1 aromatic rings. The number of hydrogen-bond acceptors (Lipinski definition) is 4. The minimum absolute atomic E-state index is 0.154. The zero-order valence-electron chi connectivity index (χ0n) is 9.03. The molecule has 1 heterocycles. The van der Waals surface area contributed by atoms with Crippen molar-refractivity contribution in [1.29, 1.82) is 0 Å². The van der Waals surface area contributed by atoms with Crippen LogP contribution in [0.2, 0.25) is 0 Å². The van der Waals surface area contributed by atoms with E-state index in [-0.39, 0.29) is 11.9 Å². The summed E-state index contributed by atoms with van der Waals surface area (Å²) in [6, 6.07) is 2.08. The molecule has 100 valence electrons. The first-order valence-electron chi connectivity index (χ1n) is 5.06. The van der Waals surface area contributed by atoms with E-state index in [2.05, 4.69) is 15.9 Å². The molecule has 1 saturated heterocycles. The molecule has 0 N–H and O–H groups in total. The standard InChI is InChI=1S/C10H9BrClFO4S/c11-7-3-10(18(12,14)15)8(13)4-9(7)17-6-1-2-16-5-6/h3-4,6H,1-2,5H2. The Balaban J connectivity index is 2.30. The molecule has 1 aliphatic heterocycles. The van der Waals surface area contributed by atoms with Gasteiger partial charge in [-0.05, 0) is 22.0 Å². The molecular weight excluding hydrogens is 351 g/mol. The summed E-state index contributed by atoms with van der Waals surface area (Å²) in [6.07, 6.45) is 0.558. The van der Waals surface area contributed by atoms with Crippen LogP contribution >= 0.6 is 26.6 Å². The SMILES string of the molecule is O=S(=O)(Cl)c1cc(Br)c(OC2CCOC2)cc1F. The molecule has 0 aliphatic carbocycles. The van der Waals surface area contributed by atoms with Crippen LogP contribution in [0.4, 0.5) is 4.39 Å². The lowest BCUT2D eigenvalue weighted by Crippen LogP contribution is -2.16. The molecule has 0 radical (unpaired) electrons. The van der Waals surface area contributed by atoms with Crippen LogP contribution in [0.15, 0.2) is 21.5 Å². The van der Waals surface area contributed by atoms with Crippen molar-refractivity contribution < 1.29 is 22.3 Å². The van der Waals surface area contributed by atoms with Crippen LogP contribution in [-0.2, 0) is 13.8 Å². The highest BCUT2D eigenvalue weighted by atomic mass is 79.9. The minimum atomic E-state index is -4.11.